The standard InChI is InChI=1S/C14H13BrN2O/c15-10-6-13(16-8-10)14(18)17-12-7-11(12)9-4-2-1-3-5-9/h1-6,8,11-12,16H,7H2,(H,17,18). The molecule has 92 valence electrons. The molecule has 0 saturated heterocycles. The van der Waals surface area contributed by atoms with Gasteiger partial charge < -0.3 is 10.3 Å². The number of benzene rings is 1. The van der Waals surface area contributed by atoms with E-state index in [2.05, 4.69) is 38.4 Å². The lowest BCUT2D eigenvalue weighted by molar-refractivity contribution is 0.0946. The van der Waals surface area contributed by atoms with Crippen molar-refractivity contribution in [2.75, 3.05) is 0 Å². The van der Waals surface area contributed by atoms with Crippen molar-refractivity contribution in [2.45, 2.75) is 18.4 Å². The Bertz CT molecular complexity index is 564. The number of halogens is 1. The zero-order chi connectivity index (χ0) is 12.5. The van der Waals surface area contributed by atoms with Crippen LogP contribution in [-0.4, -0.2) is 16.9 Å². The fraction of sp³-hybridized carbons (Fsp3) is 0.214. The van der Waals surface area contributed by atoms with Gasteiger partial charge in [-0.05, 0) is 34.0 Å². The molecule has 2 unspecified atom stereocenters. The van der Waals surface area contributed by atoms with Crippen LogP contribution < -0.4 is 5.32 Å². The van der Waals surface area contributed by atoms with E-state index in [-0.39, 0.29) is 11.9 Å². The summed E-state index contributed by atoms with van der Waals surface area (Å²) in [5, 5.41) is 3.04. The van der Waals surface area contributed by atoms with E-state index >= 15 is 0 Å². The predicted molar refractivity (Wildman–Crippen MR) is 73.5 cm³/mol. The molecule has 2 atom stereocenters. The first-order chi connectivity index (χ1) is 8.74. The van der Waals surface area contributed by atoms with E-state index in [1.165, 1.54) is 5.56 Å². The van der Waals surface area contributed by atoms with Gasteiger partial charge in [0.05, 0.1) is 0 Å². The Balaban J connectivity index is 1.62. The van der Waals surface area contributed by atoms with Gasteiger partial charge in [-0.15, -0.1) is 0 Å². The van der Waals surface area contributed by atoms with Crippen LogP contribution in [0.4, 0.5) is 0 Å². The minimum atomic E-state index is -0.0378. The van der Waals surface area contributed by atoms with E-state index < -0.39 is 0 Å². The van der Waals surface area contributed by atoms with Gasteiger partial charge >= 0.3 is 0 Å². The smallest absolute Gasteiger partial charge is 0.267 e. The molecular weight excluding hydrogens is 292 g/mol. The van der Waals surface area contributed by atoms with Crippen LogP contribution in [0.5, 0.6) is 0 Å². The third-order valence-electron chi connectivity index (χ3n) is 3.23. The van der Waals surface area contributed by atoms with Crippen molar-refractivity contribution in [1.82, 2.24) is 10.3 Å². The quantitative estimate of drug-likeness (QED) is 0.899. The van der Waals surface area contributed by atoms with Crippen LogP contribution in [0.15, 0.2) is 47.1 Å². The molecule has 1 amide bonds. The third kappa shape index (κ3) is 2.34. The Kier molecular flexibility index (Phi) is 2.96. The molecule has 1 aromatic heterocycles. The highest BCUT2D eigenvalue weighted by molar-refractivity contribution is 9.10. The number of carbonyl (C=O) groups excluding carboxylic acids is 1. The molecule has 4 heteroatoms. The molecule has 0 radical (unpaired) electrons. The summed E-state index contributed by atoms with van der Waals surface area (Å²) in [5.74, 6) is 0.428. The molecular formula is C14H13BrN2O. The van der Waals surface area contributed by atoms with Crippen molar-refractivity contribution in [2.24, 2.45) is 0 Å². The van der Waals surface area contributed by atoms with Crippen LogP contribution >= 0.6 is 15.9 Å². The highest BCUT2D eigenvalue weighted by atomic mass is 79.9. The number of carbonyl (C=O) groups is 1. The van der Waals surface area contributed by atoms with Crippen LogP contribution in [0.1, 0.15) is 28.4 Å². The molecule has 1 heterocycles. The minimum Gasteiger partial charge on any atom is -0.356 e. The molecule has 3 nitrogen and oxygen atoms in total. The van der Waals surface area contributed by atoms with Gasteiger partial charge in [-0.2, -0.15) is 0 Å². The first-order valence-electron chi connectivity index (χ1n) is 5.94. The van der Waals surface area contributed by atoms with Crippen molar-refractivity contribution in [3.63, 3.8) is 0 Å². The maximum atomic E-state index is 11.9. The predicted octanol–water partition coefficient (Wildman–Crippen LogP) is 3.06. The first-order valence-corrected chi connectivity index (χ1v) is 6.73. The number of amides is 1. The number of H-pyrrole nitrogens is 1. The van der Waals surface area contributed by atoms with Gasteiger partial charge in [0.2, 0.25) is 0 Å². The van der Waals surface area contributed by atoms with E-state index in [9.17, 15) is 4.79 Å². The number of aromatic nitrogens is 1. The molecule has 1 aliphatic rings. The monoisotopic (exact) mass is 304 g/mol. The second kappa shape index (κ2) is 4.61. The summed E-state index contributed by atoms with van der Waals surface area (Å²) in [6, 6.07) is 12.4. The van der Waals surface area contributed by atoms with E-state index in [0.29, 0.717) is 11.6 Å². The first kappa shape index (κ1) is 11.5. The molecule has 0 aliphatic heterocycles. The lowest BCUT2D eigenvalue weighted by Crippen LogP contribution is -2.26. The molecule has 0 spiro atoms. The maximum absolute atomic E-state index is 11.9. The Hall–Kier alpha value is -1.55. The Labute approximate surface area is 114 Å². The Morgan fingerprint density at radius 2 is 2.11 bits per heavy atom. The normalized spacial score (nSPS) is 21.6. The molecule has 2 N–H and O–H groups in total. The number of hydrogen-bond donors (Lipinski definition) is 2. The number of nitrogens with one attached hydrogen (secondary N) is 2. The van der Waals surface area contributed by atoms with Crippen LogP contribution in [0.25, 0.3) is 0 Å². The molecule has 3 rings (SSSR count). The summed E-state index contributed by atoms with van der Waals surface area (Å²) in [4.78, 5) is 14.9. The molecule has 1 saturated carbocycles. The van der Waals surface area contributed by atoms with Gasteiger partial charge in [-0.1, -0.05) is 30.3 Å². The number of rotatable bonds is 3. The lowest BCUT2D eigenvalue weighted by Gasteiger charge is -2.03. The van der Waals surface area contributed by atoms with Gasteiger partial charge in [0.25, 0.3) is 5.91 Å². The molecule has 2 aromatic rings. The topological polar surface area (TPSA) is 44.9 Å². The summed E-state index contributed by atoms with van der Waals surface area (Å²) in [6.45, 7) is 0. The second-order valence-corrected chi connectivity index (χ2v) is 5.48. The molecule has 0 bridgehead atoms. The summed E-state index contributed by atoms with van der Waals surface area (Å²) in [6.07, 6.45) is 2.79. The second-order valence-electron chi connectivity index (χ2n) is 4.56. The average Bonchev–Trinajstić information content (AvgIpc) is 3.01. The largest absolute Gasteiger partial charge is 0.356 e. The Morgan fingerprint density at radius 3 is 2.78 bits per heavy atom. The van der Waals surface area contributed by atoms with Gasteiger partial charge in [0, 0.05) is 22.6 Å². The van der Waals surface area contributed by atoms with Gasteiger partial charge in [-0.3, -0.25) is 4.79 Å². The number of hydrogen-bond acceptors (Lipinski definition) is 1. The Morgan fingerprint density at radius 1 is 1.33 bits per heavy atom. The summed E-state index contributed by atoms with van der Waals surface area (Å²) in [5.41, 5.74) is 1.90. The fourth-order valence-corrected chi connectivity index (χ4v) is 2.51. The van der Waals surface area contributed by atoms with E-state index in [0.717, 1.165) is 10.9 Å². The minimum absolute atomic E-state index is 0.0378. The third-order valence-corrected chi connectivity index (χ3v) is 3.68. The van der Waals surface area contributed by atoms with Crippen molar-refractivity contribution < 1.29 is 4.79 Å². The van der Waals surface area contributed by atoms with Crippen molar-refractivity contribution in [3.05, 3.63) is 58.3 Å². The highest BCUT2D eigenvalue weighted by Crippen LogP contribution is 2.40. The summed E-state index contributed by atoms with van der Waals surface area (Å²) in [7, 11) is 0. The summed E-state index contributed by atoms with van der Waals surface area (Å²) >= 11 is 3.32. The lowest BCUT2D eigenvalue weighted by atomic mass is 10.1. The van der Waals surface area contributed by atoms with Crippen molar-refractivity contribution in [1.29, 1.82) is 0 Å². The summed E-state index contributed by atoms with van der Waals surface area (Å²) < 4.78 is 0.892. The van der Waals surface area contributed by atoms with Gasteiger partial charge in [0.15, 0.2) is 0 Å². The SMILES string of the molecule is O=C(NC1CC1c1ccccc1)c1cc(Br)c[nH]1. The molecule has 1 aliphatic carbocycles. The van der Waals surface area contributed by atoms with Crippen LogP contribution in [-0.2, 0) is 0 Å². The highest BCUT2D eigenvalue weighted by Gasteiger charge is 2.39. The fourth-order valence-electron chi connectivity index (χ4n) is 2.17. The molecule has 18 heavy (non-hydrogen) atoms. The zero-order valence-corrected chi connectivity index (χ0v) is 11.3. The van der Waals surface area contributed by atoms with Crippen LogP contribution in [0, 0.1) is 0 Å². The van der Waals surface area contributed by atoms with Gasteiger partial charge in [-0.25, -0.2) is 0 Å². The average molecular weight is 305 g/mol. The van der Waals surface area contributed by atoms with Crippen molar-refractivity contribution >= 4 is 21.8 Å². The number of aromatic amines is 1. The zero-order valence-electron chi connectivity index (χ0n) is 9.69. The van der Waals surface area contributed by atoms with E-state index in [1.807, 2.05) is 18.2 Å². The van der Waals surface area contributed by atoms with Crippen LogP contribution in [0.3, 0.4) is 0 Å². The molecule has 1 aromatic carbocycles. The van der Waals surface area contributed by atoms with Crippen molar-refractivity contribution in [3.8, 4) is 0 Å². The van der Waals surface area contributed by atoms with E-state index in [4.69, 9.17) is 0 Å². The van der Waals surface area contributed by atoms with E-state index in [1.54, 1.807) is 12.3 Å². The van der Waals surface area contributed by atoms with Crippen LogP contribution in [0.2, 0.25) is 0 Å². The maximum Gasteiger partial charge on any atom is 0.267 e. The molecule has 1 fully saturated rings. The van der Waals surface area contributed by atoms with Gasteiger partial charge in [0.1, 0.15) is 5.69 Å².